The number of alkyl halides is 2. The number of rotatable bonds is 7. The van der Waals surface area contributed by atoms with Gasteiger partial charge < -0.3 is 14.8 Å². The van der Waals surface area contributed by atoms with E-state index in [0.29, 0.717) is 18.2 Å². The minimum absolute atomic E-state index is 0.0889. The molecular formula is C18H16Cl2F2N2O3. The van der Waals surface area contributed by atoms with Crippen molar-refractivity contribution in [1.29, 1.82) is 0 Å². The van der Waals surface area contributed by atoms with Gasteiger partial charge in [0.15, 0.2) is 11.5 Å². The lowest BCUT2D eigenvalue weighted by molar-refractivity contribution is -0.0515. The Morgan fingerprint density at radius 1 is 1.33 bits per heavy atom. The Morgan fingerprint density at radius 2 is 2.07 bits per heavy atom. The zero-order valence-electron chi connectivity index (χ0n) is 14.3. The molecule has 0 saturated heterocycles. The second-order valence-electron chi connectivity index (χ2n) is 6.13. The van der Waals surface area contributed by atoms with Crippen molar-refractivity contribution in [1.82, 2.24) is 4.98 Å². The van der Waals surface area contributed by atoms with Crippen LogP contribution in [-0.2, 0) is 0 Å². The van der Waals surface area contributed by atoms with Gasteiger partial charge in [-0.25, -0.2) is 0 Å². The van der Waals surface area contributed by atoms with E-state index in [1.165, 1.54) is 24.4 Å². The van der Waals surface area contributed by atoms with Crippen LogP contribution in [0.25, 0.3) is 0 Å². The van der Waals surface area contributed by atoms with Crippen molar-refractivity contribution in [2.45, 2.75) is 26.4 Å². The zero-order valence-corrected chi connectivity index (χ0v) is 15.8. The quantitative estimate of drug-likeness (QED) is 0.661. The van der Waals surface area contributed by atoms with E-state index in [1.807, 2.05) is 0 Å². The molecule has 1 aromatic heterocycles. The number of aromatic nitrogens is 1. The first-order valence-corrected chi connectivity index (χ1v) is 8.94. The number of benzene rings is 1. The maximum atomic E-state index is 12.7. The largest absolute Gasteiger partial charge is 0.489 e. The number of nitrogens with one attached hydrogen (secondary N) is 1. The number of carbonyl (C=O) groups excluding carboxylic acids is 1. The van der Waals surface area contributed by atoms with Crippen LogP contribution in [0.3, 0.4) is 0 Å². The number of hydrogen-bond acceptors (Lipinski definition) is 4. The van der Waals surface area contributed by atoms with Crippen molar-refractivity contribution in [3.8, 4) is 11.5 Å². The van der Waals surface area contributed by atoms with Gasteiger partial charge in [-0.3, -0.25) is 9.78 Å². The molecule has 0 radical (unpaired) electrons. The number of halogens is 4. The standard InChI is InChI=1S/C18H16Cl2F2N2O3/c1-9-15(20)16(12(19)7-23-9)24-17(25)11-4-5-13(26-8-10-2-3-10)14(6-11)27-18(21)22/h4-7,10,18H,2-3,8H2,1H3,(H,23,24,25). The molecule has 1 aromatic carbocycles. The molecule has 1 amide bonds. The maximum Gasteiger partial charge on any atom is 0.387 e. The van der Waals surface area contributed by atoms with Crippen LogP contribution < -0.4 is 14.8 Å². The van der Waals surface area contributed by atoms with Crippen LogP contribution in [-0.4, -0.2) is 24.1 Å². The molecule has 27 heavy (non-hydrogen) atoms. The molecule has 9 heteroatoms. The van der Waals surface area contributed by atoms with E-state index >= 15 is 0 Å². The Bertz CT molecular complexity index is 861. The van der Waals surface area contributed by atoms with E-state index in [9.17, 15) is 13.6 Å². The predicted octanol–water partition coefficient (Wildman–Crippen LogP) is 5.34. The number of hydrogen-bond donors (Lipinski definition) is 1. The SMILES string of the molecule is Cc1ncc(Cl)c(NC(=O)c2ccc(OCC3CC3)c(OC(F)F)c2)c1Cl. The average molecular weight is 417 g/mol. The molecule has 5 nitrogen and oxygen atoms in total. The summed E-state index contributed by atoms with van der Waals surface area (Å²) in [5, 5.41) is 2.93. The van der Waals surface area contributed by atoms with Crippen LogP contribution in [0.5, 0.6) is 11.5 Å². The highest BCUT2D eigenvalue weighted by atomic mass is 35.5. The molecule has 1 aliphatic rings. The number of aryl methyl sites for hydroxylation is 1. The topological polar surface area (TPSA) is 60.5 Å². The molecule has 0 spiro atoms. The lowest BCUT2D eigenvalue weighted by Crippen LogP contribution is -2.14. The molecule has 0 atom stereocenters. The Hall–Kier alpha value is -2.12. The summed E-state index contributed by atoms with van der Waals surface area (Å²) in [7, 11) is 0. The normalized spacial score (nSPS) is 13.6. The first-order valence-electron chi connectivity index (χ1n) is 8.18. The van der Waals surface area contributed by atoms with Gasteiger partial charge in [0.25, 0.3) is 5.91 Å². The summed E-state index contributed by atoms with van der Waals surface area (Å²) in [6.07, 6.45) is 3.47. The third-order valence-corrected chi connectivity index (χ3v) is 4.73. The van der Waals surface area contributed by atoms with Gasteiger partial charge in [0, 0.05) is 11.8 Å². The van der Waals surface area contributed by atoms with Crippen molar-refractivity contribution in [2.24, 2.45) is 5.92 Å². The number of anilines is 1. The summed E-state index contributed by atoms with van der Waals surface area (Å²) >= 11 is 12.2. The monoisotopic (exact) mass is 416 g/mol. The van der Waals surface area contributed by atoms with Crippen LogP contribution in [0.4, 0.5) is 14.5 Å². The number of carbonyl (C=O) groups is 1. The fourth-order valence-corrected chi connectivity index (χ4v) is 2.75. The summed E-state index contributed by atoms with van der Waals surface area (Å²) in [6.45, 7) is -0.958. The molecule has 0 aliphatic heterocycles. The number of amides is 1. The highest BCUT2D eigenvalue weighted by Gasteiger charge is 2.23. The fraction of sp³-hybridized carbons (Fsp3) is 0.333. The summed E-state index contributed by atoms with van der Waals surface area (Å²) in [6, 6.07) is 4.07. The van der Waals surface area contributed by atoms with E-state index in [2.05, 4.69) is 15.0 Å². The second kappa shape index (κ2) is 8.27. The van der Waals surface area contributed by atoms with Crippen molar-refractivity contribution in [3.05, 3.63) is 45.7 Å². The smallest absolute Gasteiger partial charge is 0.387 e. The molecular weight excluding hydrogens is 401 g/mol. The van der Waals surface area contributed by atoms with Gasteiger partial charge in [-0.2, -0.15) is 8.78 Å². The number of pyridine rings is 1. The highest BCUT2D eigenvalue weighted by Crippen LogP contribution is 2.35. The van der Waals surface area contributed by atoms with Crippen molar-refractivity contribution in [3.63, 3.8) is 0 Å². The molecule has 0 bridgehead atoms. The average Bonchev–Trinajstić information content (AvgIpc) is 3.44. The Morgan fingerprint density at radius 3 is 2.74 bits per heavy atom. The van der Waals surface area contributed by atoms with E-state index in [0.717, 1.165) is 12.8 Å². The van der Waals surface area contributed by atoms with E-state index in [4.69, 9.17) is 27.9 Å². The Labute approximate surface area is 164 Å². The fourth-order valence-electron chi connectivity index (χ4n) is 2.31. The van der Waals surface area contributed by atoms with Crippen LogP contribution in [0.1, 0.15) is 28.9 Å². The lowest BCUT2D eigenvalue weighted by Gasteiger charge is -2.14. The third kappa shape index (κ3) is 4.99. The summed E-state index contributed by atoms with van der Waals surface area (Å²) < 4.78 is 35.5. The summed E-state index contributed by atoms with van der Waals surface area (Å²) in [5.41, 5.74) is 0.772. The number of ether oxygens (including phenoxy) is 2. The second-order valence-corrected chi connectivity index (χ2v) is 6.91. The van der Waals surface area contributed by atoms with Crippen LogP contribution in [0.2, 0.25) is 10.0 Å². The van der Waals surface area contributed by atoms with Gasteiger partial charge in [-0.05, 0) is 43.9 Å². The Balaban J connectivity index is 1.82. The minimum atomic E-state index is -3.04. The number of nitrogens with zero attached hydrogens (tertiary/aromatic N) is 1. The van der Waals surface area contributed by atoms with Crippen LogP contribution >= 0.6 is 23.2 Å². The van der Waals surface area contributed by atoms with Crippen LogP contribution in [0.15, 0.2) is 24.4 Å². The molecule has 1 heterocycles. The molecule has 1 N–H and O–H groups in total. The van der Waals surface area contributed by atoms with Gasteiger partial charge in [-0.15, -0.1) is 0 Å². The van der Waals surface area contributed by atoms with E-state index in [1.54, 1.807) is 6.92 Å². The lowest BCUT2D eigenvalue weighted by atomic mass is 10.2. The van der Waals surface area contributed by atoms with Gasteiger partial charge in [0.05, 0.1) is 28.0 Å². The molecule has 2 aromatic rings. The molecule has 1 saturated carbocycles. The van der Waals surface area contributed by atoms with Gasteiger partial charge in [0.2, 0.25) is 0 Å². The summed E-state index contributed by atoms with van der Waals surface area (Å²) in [5.74, 6) is -0.195. The maximum absolute atomic E-state index is 12.7. The first-order chi connectivity index (χ1) is 12.8. The van der Waals surface area contributed by atoms with Crippen molar-refractivity contribution < 1.29 is 23.0 Å². The van der Waals surface area contributed by atoms with E-state index in [-0.39, 0.29) is 32.8 Å². The first kappa shape index (κ1) is 19.6. The summed E-state index contributed by atoms with van der Waals surface area (Å²) in [4.78, 5) is 16.5. The minimum Gasteiger partial charge on any atom is -0.489 e. The van der Waals surface area contributed by atoms with Gasteiger partial charge in [-0.1, -0.05) is 23.2 Å². The molecule has 1 fully saturated rings. The van der Waals surface area contributed by atoms with Crippen molar-refractivity contribution >= 4 is 34.8 Å². The molecule has 0 unspecified atom stereocenters. The molecule has 144 valence electrons. The zero-order chi connectivity index (χ0) is 19.6. The molecule has 3 rings (SSSR count). The van der Waals surface area contributed by atoms with Crippen LogP contribution in [0, 0.1) is 12.8 Å². The highest BCUT2D eigenvalue weighted by molar-refractivity contribution is 6.40. The predicted molar refractivity (Wildman–Crippen MR) is 98.2 cm³/mol. The third-order valence-electron chi connectivity index (χ3n) is 3.98. The van der Waals surface area contributed by atoms with Gasteiger partial charge >= 0.3 is 6.61 Å². The van der Waals surface area contributed by atoms with Gasteiger partial charge in [0.1, 0.15) is 0 Å². The molecule has 1 aliphatic carbocycles. The van der Waals surface area contributed by atoms with Crippen molar-refractivity contribution in [2.75, 3.05) is 11.9 Å². The Kier molecular flexibility index (Phi) is 6.01. The van der Waals surface area contributed by atoms with E-state index < -0.39 is 12.5 Å².